The fourth-order valence-corrected chi connectivity index (χ4v) is 1.64. The SMILES string of the molecule is CCC(CC)c1cc[nH]c1C(=O)O. The van der Waals surface area contributed by atoms with Gasteiger partial charge in [-0.15, -0.1) is 0 Å². The smallest absolute Gasteiger partial charge is 0.352 e. The van der Waals surface area contributed by atoms with E-state index in [0.29, 0.717) is 11.6 Å². The monoisotopic (exact) mass is 181 g/mol. The Morgan fingerprint density at radius 2 is 2.15 bits per heavy atom. The van der Waals surface area contributed by atoms with E-state index < -0.39 is 5.97 Å². The molecule has 0 bridgehead atoms. The molecule has 1 aromatic rings. The van der Waals surface area contributed by atoms with Crippen molar-refractivity contribution in [1.29, 1.82) is 0 Å². The molecular weight excluding hydrogens is 166 g/mol. The second kappa shape index (κ2) is 4.12. The molecule has 0 saturated carbocycles. The molecule has 0 amide bonds. The number of aromatic carboxylic acids is 1. The van der Waals surface area contributed by atoms with Crippen molar-refractivity contribution < 1.29 is 9.90 Å². The van der Waals surface area contributed by atoms with Gasteiger partial charge >= 0.3 is 5.97 Å². The van der Waals surface area contributed by atoms with E-state index in [1.807, 2.05) is 6.07 Å². The quantitative estimate of drug-likeness (QED) is 0.750. The molecule has 0 atom stereocenters. The molecule has 1 rings (SSSR count). The lowest BCUT2D eigenvalue weighted by atomic mass is 9.94. The molecule has 0 fully saturated rings. The zero-order chi connectivity index (χ0) is 9.84. The lowest BCUT2D eigenvalue weighted by Crippen LogP contribution is -2.04. The third kappa shape index (κ3) is 1.91. The van der Waals surface area contributed by atoms with Crippen LogP contribution in [0.25, 0.3) is 0 Å². The van der Waals surface area contributed by atoms with Crippen LogP contribution < -0.4 is 0 Å². The van der Waals surface area contributed by atoms with Crippen molar-refractivity contribution in [1.82, 2.24) is 4.98 Å². The first-order valence-corrected chi connectivity index (χ1v) is 4.61. The van der Waals surface area contributed by atoms with Gasteiger partial charge in [-0.3, -0.25) is 0 Å². The molecule has 0 aliphatic rings. The Bertz CT molecular complexity index is 287. The molecule has 0 spiro atoms. The standard InChI is InChI=1S/C10H15NO2/c1-3-7(4-2)8-5-6-11-9(8)10(12)13/h5-7,11H,3-4H2,1-2H3,(H,12,13). The summed E-state index contributed by atoms with van der Waals surface area (Å²) in [7, 11) is 0. The second-order valence-corrected chi connectivity index (χ2v) is 3.13. The normalized spacial score (nSPS) is 10.7. The fraction of sp³-hybridized carbons (Fsp3) is 0.500. The van der Waals surface area contributed by atoms with Crippen molar-refractivity contribution >= 4 is 5.97 Å². The molecule has 0 radical (unpaired) electrons. The number of carbonyl (C=O) groups is 1. The van der Waals surface area contributed by atoms with Gasteiger partial charge in [0.25, 0.3) is 0 Å². The molecule has 3 nitrogen and oxygen atoms in total. The van der Waals surface area contributed by atoms with Gasteiger partial charge < -0.3 is 10.1 Å². The zero-order valence-corrected chi connectivity index (χ0v) is 8.00. The fourth-order valence-electron chi connectivity index (χ4n) is 1.64. The van der Waals surface area contributed by atoms with Crippen molar-refractivity contribution in [3.05, 3.63) is 23.5 Å². The number of aromatic amines is 1. The zero-order valence-electron chi connectivity index (χ0n) is 8.00. The molecule has 0 aliphatic carbocycles. The number of hydrogen-bond donors (Lipinski definition) is 2. The maximum atomic E-state index is 10.8. The Kier molecular flexibility index (Phi) is 3.12. The van der Waals surface area contributed by atoms with Crippen molar-refractivity contribution in [2.45, 2.75) is 32.6 Å². The summed E-state index contributed by atoms with van der Waals surface area (Å²) in [6.45, 7) is 4.15. The maximum Gasteiger partial charge on any atom is 0.352 e. The minimum Gasteiger partial charge on any atom is -0.477 e. The first kappa shape index (κ1) is 9.84. The molecule has 0 saturated heterocycles. The molecule has 0 aliphatic heterocycles. The topological polar surface area (TPSA) is 53.1 Å². The van der Waals surface area contributed by atoms with E-state index in [2.05, 4.69) is 18.8 Å². The number of rotatable bonds is 4. The number of H-pyrrole nitrogens is 1. The largest absolute Gasteiger partial charge is 0.477 e. The molecule has 3 heteroatoms. The summed E-state index contributed by atoms with van der Waals surface area (Å²) in [6.07, 6.45) is 3.65. The minimum atomic E-state index is -0.869. The van der Waals surface area contributed by atoms with Crippen LogP contribution in [0.15, 0.2) is 12.3 Å². The van der Waals surface area contributed by atoms with E-state index in [-0.39, 0.29) is 0 Å². The molecule has 72 valence electrons. The van der Waals surface area contributed by atoms with Crippen LogP contribution in [0.1, 0.15) is 48.7 Å². The van der Waals surface area contributed by atoms with Crippen molar-refractivity contribution in [3.63, 3.8) is 0 Å². The summed E-state index contributed by atoms with van der Waals surface area (Å²) in [5, 5.41) is 8.86. The first-order valence-electron chi connectivity index (χ1n) is 4.61. The van der Waals surface area contributed by atoms with E-state index in [4.69, 9.17) is 5.11 Å². The van der Waals surface area contributed by atoms with Crippen LogP contribution in [0.5, 0.6) is 0 Å². The Balaban J connectivity index is 2.98. The van der Waals surface area contributed by atoms with Crippen molar-refractivity contribution in [2.75, 3.05) is 0 Å². The average Bonchev–Trinajstić information content (AvgIpc) is 2.55. The molecular formula is C10H15NO2. The predicted molar refractivity (Wildman–Crippen MR) is 51.1 cm³/mol. The summed E-state index contributed by atoms with van der Waals surface area (Å²) in [4.78, 5) is 13.5. The number of nitrogens with one attached hydrogen (secondary N) is 1. The number of hydrogen-bond acceptors (Lipinski definition) is 1. The summed E-state index contributed by atoms with van der Waals surface area (Å²) < 4.78 is 0. The molecule has 0 unspecified atom stereocenters. The van der Waals surface area contributed by atoms with E-state index in [0.717, 1.165) is 18.4 Å². The van der Waals surface area contributed by atoms with Gasteiger partial charge in [-0.05, 0) is 30.4 Å². The second-order valence-electron chi connectivity index (χ2n) is 3.13. The Morgan fingerprint density at radius 3 is 2.62 bits per heavy atom. The van der Waals surface area contributed by atoms with Gasteiger partial charge in [0.2, 0.25) is 0 Å². The molecule has 0 aromatic carbocycles. The Morgan fingerprint density at radius 1 is 1.54 bits per heavy atom. The van der Waals surface area contributed by atoms with Gasteiger partial charge in [-0.25, -0.2) is 4.79 Å². The van der Waals surface area contributed by atoms with Crippen LogP contribution in [-0.4, -0.2) is 16.1 Å². The Hall–Kier alpha value is -1.25. The van der Waals surface area contributed by atoms with Gasteiger partial charge in [0, 0.05) is 6.20 Å². The van der Waals surface area contributed by atoms with Gasteiger partial charge in [0.05, 0.1) is 0 Å². The highest BCUT2D eigenvalue weighted by atomic mass is 16.4. The van der Waals surface area contributed by atoms with E-state index >= 15 is 0 Å². The third-order valence-corrected chi connectivity index (χ3v) is 2.42. The van der Waals surface area contributed by atoms with Crippen LogP contribution >= 0.6 is 0 Å². The summed E-state index contributed by atoms with van der Waals surface area (Å²) >= 11 is 0. The predicted octanol–water partition coefficient (Wildman–Crippen LogP) is 2.62. The van der Waals surface area contributed by atoms with Crippen LogP contribution in [0, 0.1) is 0 Å². The van der Waals surface area contributed by atoms with Gasteiger partial charge in [0.15, 0.2) is 0 Å². The summed E-state index contributed by atoms with van der Waals surface area (Å²) in [5.41, 5.74) is 1.27. The van der Waals surface area contributed by atoms with E-state index in [1.54, 1.807) is 6.20 Å². The highest BCUT2D eigenvalue weighted by Crippen LogP contribution is 2.25. The first-order chi connectivity index (χ1) is 6.20. The lowest BCUT2D eigenvalue weighted by Gasteiger charge is -2.11. The van der Waals surface area contributed by atoms with E-state index in [1.165, 1.54) is 0 Å². The van der Waals surface area contributed by atoms with E-state index in [9.17, 15) is 4.79 Å². The number of aromatic nitrogens is 1. The van der Waals surface area contributed by atoms with Crippen LogP contribution in [0.3, 0.4) is 0 Å². The number of carboxylic acid groups (broad SMARTS) is 1. The van der Waals surface area contributed by atoms with Gasteiger partial charge in [0.1, 0.15) is 5.69 Å². The van der Waals surface area contributed by atoms with Crippen LogP contribution in [0.4, 0.5) is 0 Å². The van der Waals surface area contributed by atoms with Crippen LogP contribution in [-0.2, 0) is 0 Å². The van der Waals surface area contributed by atoms with Gasteiger partial charge in [-0.1, -0.05) is 13.8 Å². The Labute approximate surface area is 77.8 Å². The molecule has 2 N–H and O–H groups in total. The van der Waals surface area contributed by atoms with Crippen molar-refractivity contribution in [2.24, 2.45) is 0 Å². The highest BCUT2D eigenvalue weighted by Gasteiger charge is 2.16. The molecule has 1 heterocycles. The number of carboxylic acids is 1. The summed E-state index contributed by atoms with van der Waals surface area (Å²) in [5.74, 6) is -0.510. The van der Waals surface area contributed by atoms with Crippen molar-refractivity contribution in [3.8, 4) is 0 Å². The minimum absolute atomic E-state index is 0.341. The maximum absolute atomic E-state index is 10.8. The average molecular weight is 181 g/mol. The highest BCUT2D eigenvalue weighted by molar-refractivity contribution is 5.87. The summed E-state index contributed by atoms with van der Waals surface area (Å²) in [6, 6.07) is 1.86. The lowest BCUT2D eigenvalue weighted by molar-refractivity contribution is 0.0689. The van der Waals surface area contributed by atoms with Crippen LogP contribution in [0.2, 0.25) is 0 Å². The third-order valence-electron chi connectivity index (χ3n) is 2.42. The molecule has 1 aromatic heterocycles. The van der Waals surface area contributed by atoms with Gasteiger partial charge in [-0.2, -0.15) is 0 Å². The molecule has 13 heavy (non-hydrogen) atoms.